The van der Waals surface area contributed by atoms with Gasteiger partial charge in [-0.05, 0) is 50.2 Å². The Morgan fingerprint density at radius 1 is 1.25 bits per heavy atom. The van der Waals surface area contributed by atoms with Crippen molar-refractivity contribution in [1.82, 2.24) is 0 Å². The van der Waals surface area contributed by atoms with Crippen LogP contribution in [0.15, 0.2) is 0 Å². The van der Waals surface area contributed by atoms with E-state index in [9.17, 15) is 4.79 Å². The van der Waals surface area contributed by atoms with Crippen LogP contribution in [0.1, 0.15) is 59.8 Å². The molecular weight excluding hydrogens is 268 g/mol. The minimum Gasteiger partial charge on any atom is -0.462 e. The van der Waals surface area contributed by atoms with E-state index in [-0.39, 0.29) is 23.0 Å². The van der Waals surface area contributed by atoms with Crippen molar-refractivity contribution in [2.24, 2.45) is 5.92 Å². The maximum Gasteiger partial charge on any atom is 0.309 e. The molecule has 0 N–H and O–H groups in total. The molecule has 1 aliphatic rings. The van der Waals surface area contributed by atoms with Gasteiger partial charge >= 0.3 is 5.97 Å². The fraction of sp³-hybridized carbons (Fsp3) is 0.938. The highest BCUT2D eigenvalue weighted by Crippen LogP contribution is 2.36. The van der Waals surface area contributed by atoms with Gasteiger partial charge in [0.25, 0.3) is 0 Å². The summed E-state index contributed by atoms with van der Waals surface area (Å²) >= 11 is 0. The molecule has 1 unspecified atom stereocenters. The lowest BCUT2D eigenvalue weighted by Gasteiger charge is -2.36. The van der Waals surface area contributed by atoms with Gasteiger partial charge in [-0.3, -0.25) is 4.79 Å². The molecule has 1 saturated carbocycles. The van der Waals surface area contributed by atoms with Crippen molar-refractivity contribution in [3.63, 3.8) is 0 Å². The van der Waals surface area contributed by atoms with Crippen LogP contribution in [-0.2, 0) is 14.0 Å². The second-order valence-corrected chi connectivity index (χ2v) is 12.5. The molecule has 1 fully saturated rings. The van der Waals surface area contributed by atoms with Crippen LogP contribution in [0.2, 0.25) is 18.1 Å². The smallest absolute Gasteiger partial charge is 0.309 e. The minimum absolute atomic E-state index is 0.0456. The van der Waals surface area contributed by atoms with Gasteiger partial charge in [-0.25, -0.2) is 0 Å². The molecule has 4 heteroatoms. The third kappa shape index (κ3) is 5.21. The lowest BCUT2D eigenvalue weighted by Crippen LogP contribution is -2.41. The Bertz CT molecular complexity index is 314. The maximum absolute atomic E-state index is 12.0. The minimum atomic E-state index is -1.69. The van der Waals surface area contributed by atoms with E-state index in [1.54, 1.807) is 0 Å². The Morgan fingerprint density at radius 2 is 1.80 bits per heavy atom. The summed E-state index contributed by atoms with van der Waals surface area (Å²) in [4.78, 5) is 12.0. The topological polar surface area (TPSA) is 35.5 Å². The zero-order chi connectivity index (χ0) is 15.4. The van der Waals surface area contributed by atoms with Gasteiger partial charge in [0.2, 0.25) is 0 Å². The molecule has 3 nitrogen and oxygen atoms in total. The first-order chi connectivity index (χ1) is 9.13. The summed E-state index contributed by atoms with van der Waals surface area (Å²) in [5.41, 5.74) is 0. The fourth-order valence-electron chi connectivity index (χ4n) is 2.11. The van der Waals surface area contributed by atoms with E-state index in [1.165, 1.54) is 12.8 Å². The van der Waals surface area contributed by atoms with Gasteiger partial charge < -0.3 is 9.16 Å². The summed E-state index contributed by atoms with van der Waals surface area (Å²) in [5, 5.41) is 0.223. The van der Waals surface area contributed by atoms with Gasteiger partial charge in [0.1, 0.15) is 6.10 Å². The lowest BCUT2D eigenvalue weighted by molar-refractivity contribution is -0.153. The fourth-order valence-corrected chi connectivity index (χ4v) is 3.17. The van der Waals surface area contributed by atoms with E-state index in [2.05, 4.69) is 33.9 Å². The SMILES string of the molecule is CC(CCO[Si](C)(C)C(C)(C)C)C(=O)OC1CCCC1. The zero-order valence-corrected chi connectivity index (χ0v) is 15.1. The third-order valence-electron chi connectivity index (χ3n) is 4.81. The third-order valence-corrected chi connectivity index (χ3v) is 9.35. The lowest BCUT2D eigenvalue weighted by atomic mass is 10.1. The molecule has 1 aliphatic carbocycles. The molecule has 0 spiro atoms. The van der Waals surface area contributed by atoms with Crippen LogP contribution in [0, 0.1) is 5.92 Å². The second kappa shape index (κ2) is 7.08. The van der Waals surface area contributed by atoms with Gasteiger partial charge in [0, 0.05) is 6.61 Å². The van der Waals surface area contributed by atoms with Crippen LogP contribution in [0.4, 0.5) is 0 Å². The van der Waals surface area contributed by atoms with Crippen molar-refractivity contribution in [2.75, 3.05) is 6.61 Å². The van der Waals surface area contributed by atoms with Gasteiger partial charge in [-0.2, -0.15) is 0 Å². The predicted molar refractivity (Wildman–Crippen MR) is 85.3 cm³/mol. The number of carbonyl (C=O) groups excluding carboxylic acids is 1. The normalized spacial score (nSPS) is 19.1. The molecule has 0 amide bonds. The summed E-state index contributed by atoms with van der Waals surface area (Å²) in [5.74, 6) is -0.101. The standard InChI is InChI=1S/C16H32O3Si/c1-13(15(17)19-14-9-7-8-10-14)11-12-18-20(5,6)16(2,3)4/h13-14H,7-12H2,1-6H3. The average molecular weight is 301 g/mol. The molecule has 0 aromatic rings. The van der Waals surface area contributed by atoms with Crippen LogP contribution in [-0.4, -0.2) is 27.0 Å². The highest BCUT2D eigenvalue weighted by molar-refractivity contribution is 6.74. The van der Waals surface area contributed by atoms with Crippen LogP contribution in [0.3, 0.4) is 0 Å². The molecule has 0 saturated heterocycles. The van der Waals surface area contributed by atoms with Crippen LogP contribution in [0.5, 0.6) is 0 Å². The maximum atomic E-state index is 12.0. The molecule has 1 rings (SSSR count). The summed E-state index contributed by atoms with van der Waals surface area (Å²) in [6.45, 7) is 13.8. The van der Waals surface area contributed by atoms with E-state index in [0.717, 1.165) is 19.3 Å². The van der Waals surface area contributed by atoms with Crippen molar-refractivity contribution in [3.05, 3.63) is 0 Å². The Hall–Kier alpha value is -0.353. The van der Waals surface area contributed by atoms with Crippen molar-refractivity contribution < 1.29 is 14.0 Å². The first-order valence-electron chi connectivity index (χ1n) is 7.98. The first-order valence-corrected chi connectivity index (χ1v) is 10.9. The average Bonchev–Trinajstić information content (AvgIpc) is 2.79. The summed E-state index contributed by atoms with van der Waals surface area (Å²) in [7, 11) is -1.69. The van der Waals surface area contributed by atoms with E-state index >= 15 is 0 Å². The first kappa shape index (κ1) is 17.7. The second-order valence-electron chi connectivity index (χ2n) is 7.64. The van der Waals surface area contributed by atoms with Crippen molar-refractivity contribution in [2.45, 2.75) is 84.0 Å². The highest BCUT2D eigenvalue weighted by Gasteiger charge is 2.37. The van der Waals surface area contributed by atoms with Crippen LogP contribution in [0.25, 0.3) is 0 Å². The Kier molecular flexibility index (Phi) is 6.26. The largest absolute Gasteiger partial charge is 0.462 e. The highest BCUT2D eigenvalue weighted by atomic mass is 28.4. The van der Waals surface area contributed by atoms with Gasteiger partial charge in [0.15, 0.2) is 8.32 Å². The quantitative estimate of drug-likeness (QED) is 0.534. The molecule has 0 heterocycles. The Morgan fingerprint density at radius 3 is 2.30 bits per heavy atom. The Labute approximate surface area is 125 Å². The van der Waals surface area contributed by atoms with E-state index < -0.39 is 8.32 Å². The molecule has 0 aliphatic heterocycles. The van der Waals surface area contributed by atoms with E-state index in [4.69, 9.17) is 9.16 Å². The number of hydrogen-bond acceptors (Lipinski definition) is 3. The number of esters is 1. The summed E-state index contributed by atoms with van der Waals surface area (Å²) < 4.78 is 11.7. The van der Waals surface area contributed by atoms with Crippen LogP contribution < -0.4 is 0 Å². The van der Waals surface area contributed by atoms with Gasteiger partial charge in [-0.15, -0.1) is 0 Å². The molecule has 0 radical (unpaired) electrons. The molecule has 0 aromatic carbocycles. The van der Waals surface area contributed by atoms with Crippen LogP contribution >= 0.6 is 0 Å². The molecule has 118 valence electrons. The number of rotatable bonds is 6. The predicted octanol–water partition coefficient (Wildman–Crippen LogP) is 4.52. The Balaban J connectivity index is 2.28. The molecule has 20 heavy (non-hydrogen) atoms. The summed E-state index contributed by atoms with van der Waals surface area (Å²) in [6, 6.07) is 0. The van der Waals surface area contributed by atoms with Crippen molar-refractivity contribution >= 4 is 14.3 Å². The summed E-state index contributed by atoms with van der Waals surface area (Å²) in [6.07, 6.45) is 5.41. The number of carbonyl (C=O) groups is 1. The van der Waals surface area contributed by atoms with Crippen molar-refractivity contribution in [3.8, 4) is 0 Å². The molecule has 1 atom stereocenters. The van der Waals surface area contributed by atoms with Gasteiger partial charge in [-0.1, -0.05) is 27.7 Å². The number of ether oxygens (including phenoxy) is 1. The molecule has 0 bridgehead atoms. The molecular formula is C16H32O3Si. The van der Waals surface area contributed by atoms with E-state index in [1.807, 2.05) is 6.92 Å². The molecule has 0 aromatic heterocycles. The van der Waals surface area contributed by atoms with E-state index in [0.29, 0.717) is 6.61 Å². The monoisotopic (exact) mass is 300 g/mol. The zero-order valence-electron chi connectivity index (χ0n) is 14.1. The number of hydrogen-bond donors (Lipinski definition) is 0. The van der Waals surface area contributed by atoms with Crippen molar-refractivity contribution in [1.29, 1.82) is 0 Å². The van der Waals surface area contributed by atoms with Gasteiger partial charge in [0.05, 0.1) is 5.92 Å².